The number of anilines is 1. The van der Waals surface area contributed by atoms with Crippen molar-refractivity contribution in [3.8, 4) is 5.69 Å². The van der Waals surface area contributed by atoms with E-state index in [1.807, 2.05) is 0 Å². The summed E-state index contributed by atoms with van der Waals surface area (Å²) in [5, 5.41) is 0.424. The highest BCUT2D eigenvalue weighted by Gasteiger charge is 2.18. The van der Waals surface area contributed by atoms with Crippen molar-refractivity contribution in [2.75, 3.05) is 5.73 Å². The Bertz CT molecular complexity index is 829. The Labute approximate surface area is 116 Å². The van der Waals surface area contributed by atoms with E-state index in [1.165, 1.54) is 6.07 Å². The van der Waals surface area contributed by atoms with Crippen LogP contribution in [0.4, 0.5) is 19.1 Å². The molecule has 2 N–H and O–H groups in total. The highest BCUT2D eigenvalue weighted by molar-refractivity contribution is 6.31. The molecule has 0 atom stereocenters. The number of imidazole rings is 1. The van der Waals surface area contributed by atoms with Gasteiger partial charge in [0.1, 0.15) is 5.82 Å². The Morgan fingerprint density at radius 1 is 1.10 bits per heavy atom. The monoisotopic (exact) mass is 297 g/mol. The lowest BCUT2D eigenvalue weighted by molar-refractivity contribution is 0.491. The van der Waals surface area contributed by atoms with E-state index in [0.29, 0.717) is 22.1 Å². The second kappa shape index (κ2) is 4.42. The molecule has 2 aromatic carbocycles. The zero-order valence-corrected chi connectivity index (χ0v) is 10.6. The molecule has 3 rings (SSSR count). The lowest BCUT2D eigenvalue weighted by Crippen LogP contribution is -2.05. The van der Waals surface area contributed by atoms with E-state index >= 15 is 0 Å². The van der Waals surface area contributed by atoms with Crippen molar-refractivity contribution in [2.24, 2.45) is 0 Å². The summed E-state index contributed by atoms with van der Waals surface area (Å²) < 4.78 is 41.6. The fraction of sp³-hybridized carbons (Fsp3) is 0. The van der Waals surface area contributed by atoms with Gasteiger partial charge in [0.15, 0.2) is 11.6 Å². The van der Waals surface area contributed by atoms with Crippen molar-refractivity contribution < 1.29 is 13.2 Å². The molecule has 0 saturated heterocycles. The molecule has 0 bridgehead atoms. The molecule has 102 valence electrons. The second-order valence-electron chi connectivity index (χ2n) is 4.16. The minimum absolute atomic E-state index is 0.0915. The number of fused-ring (bicyclic) bond motifs is 1. The molecular weight excluding hydrogens is 291 g/mol. The van der Waals surface area contributed by atoms with Gasteiger partial charge in [-0.25, -0.2) is 18.2 Å². The van der Waals surface area contributed by atoms with Crippen molar-refractivity contribution in [1.82, 2.24) is 9.55 Å². The molecule has 0 saturated carbocycles. The van der Waals surface area contributed by atoms with E-state index < -0.39 is 17.5 Å². The molecule has 1 aromatic heterocycles. The molecular formula is C13H7ClF3N3. The minimum Gasteiger partial charge on any atom is -0.369 e. The molecule has 0 fully saturated rings. The third-order valence-electron chi connectivity index (χ3n) is 2.86. The maximum Gasteiger partial charge on any atom is 0.206 e. The first-order valence-electron chi connectivity index (χ1n) is 5.56. The molecule has 0 aliphatic carbocycles. The Hall–Kier alpha value is -2.21. The summed E-state index contributed by atoms with van der Waals surface area (Å²) in [6, 6.07) is 5.94. The van der Waals surface area contributed by atoms with Crippen LogP contribution in [-0.4, -0.2) is 9.55 Å². The summed E-state index contributed by atoms with van der Waals surface area (Å²) in [5.41, 5.74) is 6.16. The number of nitrogens with zero attached hydrogens (tertiary/aromatic N) is 2. The van der Waals surface area contributed by atoms with Crippen LogP contribution in [0.5, 0.6) is 0 Å². The van der Waals surface area contributed by atoms with E-state index in [0.717, 1.165) is 10.6 Å². The smallest absolute Gasteiger partial charge is 0.206 e. The van der Waals surface area contributed by atoms with Crippen LogP contribution in [0.1, 0.15) is 0 Å². The van der Waals surface area contributed by atoms with Crippen LogP contribution in [0.2, 0.25) is 5.02 Å². The molecule has 0 amide bonds. The van der Waals surface area contributed by atoms with Crippen LogP contribution in [0.25, 0.3) is 16.7 Å². The van der Waals surface area contributed by atoms with Gasteiger partial charge in [0.25, 0.3) is 0 Å². The standard InChI is InChI=1S/C13H7ClF3N3/c14-6-1-2-10-9(3-6)19-13(18)20(10)11-5-7(15)4-8(16)12(11)17/h1-5H,(H2,18,19). The summed E-state index contributed by atoms with van der Waals surface area (Å²) in [5.74, 6) is -3.50. The van der Waals surface area contributed by atoms with Gasteiger partial charge in [0, 0.05) is 17.2 Å². The number of hydrogen-bond donors (Lipinski definition) is 1. The predicted molar refractivity (Wildman–Crippen MR) is 70.4 cm³/mol. The van der Waals surface area contributed by atoms with Crippen molar-refractivity contribution in [1.29, 1.82) is 0 Å². The van der Waals surface area contributed by atoms with Gasteiger partial charge >= 0.3 is 0 Å². The molecule has 7 heteroatoms. The Morgan fingerprint density at radius 2 is 1.85 bits per heavy atom. The number of nitrogens with two attached hydrogens (primary N) is 1. The van der Waals surface area contributed by atoms with Crippen molar-refractivity contribution in [2.45, 2.75) is 0 Å². The minimum atomic E-state index is -1.30. The fourth-order valence-corrected chi connectivity index (χ4v) is 2.20. The van der Waals surface area contributed by atoms with Crippen molar-refractivity contribution in [3.05, 3.63) is 52.8 Å². The summed E-state index contributed by atoms with van der Waals surface area (Å²) in [7, 11) is 0. The number of hydrogen-bond acceptors (Lipinski definition) is 2. The van der Waals surface area contributed by atoms with Crippen LogP contribution >= 0.6 is 11.6 Å². The van der Waals surface area contributed by atoms with E-state index in [2.05, 4.69) is 4.98 Å². The Balaban J connectivity index is 2.38. The quantitative estimate of drug-likeness (QED) is 0.696. The van der Waals surface area contributed by atoms with Gasteiger partial charge in [-0.1, -0.05) is 11.6 Å². The average molecular weight is 298 g/mol. The molecule has 3 nitrogen and oxygen atoms in total. The van der Waals surface area contributed by atoms with Crippen LogP contribution in [-0.2, 0) is 0 Å². The normalized spacial score (nSPS) is 11.2. The molecule has 0 aliphatic rings. The van der Waals surface area contributed by atoms with Crippen molar-refractivity contribution >= 4 is 28.6 Å². The van der Waals surface area contributed by atoms with Gasteiger partial charge in [0.2, 0.25) is 5.95 Å². The van der Waals surface area contributed by atoms with E-state index in [-0.39, 0.29) is 11.6 Å². The van der Waals surface area contributed by atoms with E-state index in [1.54, 1.807) is 12.1 Å². The first-order chi connectivity index (χ1) is 9.47. The maximum absolute atomic E-state index is 13.9. The van der Waals surface area contributed by atoms with Crippen molar-refractivity contribution in [3.63, 3.8) is 0 Å². The number of rotatable bonds is 1. The number of nitrogen functional groups attached to an aromatic ring is 1. The zero-order valence-electron chi connectivity index (χ0n) is 9.87. The Kier molecular flexibility index (Phi) is 2.83. The van der Waals surface area contributed by atoms with Gasteiger partial charge in [-0.15, -0.1) is 0 Å². The highest BCUT2D eigenvalue weighted by Crippen LogP contribution is 2.28. The molecule has 0 unspecified atom stereocenters. The van der Waals surface area contributed by atoms with E-state index in [4.69, 9.17) is 17.3 Å². The zero-order chi connectivity index (χ0) is 14.4. The summed E-state index contributed by atoms with van der Waals surface area (Å²) in [6.45, 7) is 0. The SMILES string of the molecule is Nc1nc2cc(Cl)ccc2n1-c1cc(F)cc(F)c1F. The third kappa shape index (κ3) is 1.89. The van der Waals surface area contributed by atoms with Crippen LogP contribution < -0.4 is 5.73 Å². The predicted octanol–water partition coefficient (Wildman–Crippen LogP) is 3.68. The van der Waals surface area contributed by atoms with Crippen LogP contribution in [0, 0.1) is 17.5 Å². The van der Waals surface area contributed by atoms with Crippen LogP contribution in [0.15, 0.2) is 30.3 Å². The lowest BCUT2D eigenvalue weighted by Gasteiger charge is -2.08. The van der Waals surface area contributed by atoms with Gasteiger partial charge in [-0.2, -0.15) is 0 Å². The summed E-state index contributed by atoms with van der Waals surface area (Å²) in [4.78, 5) is 4.00. The second-order valence-corrected chi connectivity index (χ2v) is 4.60. The maximum atomic E-state index is 13.9. The summed E-state index contributed by atoms with van der Waals surface area (Å²) in [6.07, 6.45) is 0. The van der Waals surface area contributed by atoms with Gasteiger partial charge in [-0.3, -0.25) is 4.57 Å². The molecule has 0 radical (unpaired) electrons. The Morgan fingerprint density at radius 3 is 2.60 bits per heavy atom. The molecule has 20 heavy (non-hydrogen) atoms. The van der Waals surface area contributed by atoms with Crippen LogP contribution in [0.3, 0.4) is 0 Å². The third-order valence-corrected chi connectivity index (χ3v) is 3.09. The number of halogens is 4. The molecule has 3 aromatic rings. The molecule has 1 heterocycles. The average Bonchev–Trinajstić information content (AvgIpc) is 2.69. The van der Waals surface area contributed by atoms with Gasteiger partial charge in [-0.05, 0) is 18.2 Å². The fourth-order valence-electron chi connectivity index (χ4n) is 2.03. The van der Waals surface area contributed by atoms with Gasteiger partial charge < -0.3 is 5.73 Å². The largest absolute Gasteiger partial charge is 0.369 e. The number of benzene rings is 2. The topological polar surface area (TPSA) is 43.8 Å². The highest BCUT2D eigenvalue weighted by atomic mass is 35.5. The molecule has 0 spiro atoms. The van der Waals surface area contributed by atoms with E-state index in [9.17, 15) is 13.2 Å². The van der Waals surface area contributed by atoms with Gasteiger partial charge in [0.05, 0.1) is 16.7 Å². The first kappa shape index (κ1) is 12.8. The lowest BCUT2D eigenvalue weighted by atomic mass is 10.2. The summed E-state index contributed by atoms with van der Waals surface area (Å²) >= 11 is 5.82. The number of aromatic nitrogens is 2. The first-order valence-corrected chi connectivity index (χ1v) is 5.93. The molecule has 0 aliphatic heterocycles.